The summed E-state index contributed by atoms with van der Waals surface area (Å²) in [4.78, 5) is 40.0. The number of fused-ring (bicyclic) bond motifs is 1. The first-order valence-electron chi connectivity index (χ1n) is 13.3. The Morgan fingerprint density at radius 1 is 0.846 bits per heavy atom. The van der Waals surface area contributed by atoms with Gasteiger partial charge in [-0.25, -0.2) is 0 Å². The summed E-state index contributed by atoms with van der Waals surface area (Å²) >= 11 is 0. The van der Waals surface area contributed by atoms with E-state index in [1.165, 1.54) is 0 Å². The molecule has 0 spiro atoms. The van der Waals surface area contributed by atoms with Crippen LogP contribution in [0, 0.1) is 18.8 Å². The van der Waals surface area contributed by atoms with Crippen molar-refractivity contribution in [1.82, 2.24) is 9.58 Å². The minimum Gasteiger partial charge on any atom is -0.465 e. The van der Waals surface area contributed by atoms with E-state index >= 15 is 0 Å². The molecule has 8 rings (SSSR count). The highest BCUT2D eigenvalue weighted by molar-refractivity contribution is 6.09. The van der Waals surface area contributed by atoms with Crippen LogP contribution in [0.1, 0.15) is 52.3 Å². The Morgan fingerprint density at radius 3 is 1.90 bits per heavy atom. The first-order valence-corrected chi connectivity index (χ1v) is 13.3. The Hall–Kier alpha value is -4.52. The third kappa shape index (κ3) is 3.29. The van der Waals surface area contributed by atoms with Gasteiger partial charge in [0.25, 0.3) is 11.8 Å². The molecule has 0 N–H and O–H groups in total. The molecule has 4 aliphatic rings. The number of rotatable bonds is 5. The van der Waals surface area contributed by atoms with Crippen LogP contribution in [0.5, 0.6) is 0 Å². The Labute approximate surface area is 225 Å². The van der Waals surface area contributed by atoms with Crippen molar-refractivity contribution in [2.75, 3.05) is 6.61 Å². The Balaban J connectivity index is 1.28. The number of aromatic nitrogens is 1. The number of para-hydroxylation sites is 1. The van der Waals surface area contributed by atoms with Crippen molar-refractivity contribution in [2.45, 2.75) is 32.2 Å². The highest BCUT2D eigenvalue weighted by atomic mass is 16.5. The number of imide groups is 1. The number of ether oxygens (including phenoxy) is 1. The van der Waals surface area contributed by atoms with Crippen molar-refractivity contribution in [3.8, 4) is 0 Å². The molecule has 2 atom stereocenters. The van der Waals surface area contributed by atoms with Crippen LogP contribution in [-0.2, 0) is 25.7 Å². The topological polar surface area (TPSA) is 81.0 Å². The maximum Gasteiger partial charge on any atom is 0.325 e. The van der Waals surface area contributed by atoms with Gasteiger partial charge in [-0.2, -0.15) is 10.1 Å². The highest BCUT2D eigenvalue weighted by Crippen LogP contribution is 2.60. The van der Waals surface area contributed by atoms with Crippen molar-refractivity contribution >= 4 is 34.9 Å². The molecule has 3 aliphatic carbocycles. The normalized spacial score (nSPS) is 22.9. The summed E-state index contributed by atoms with van der Waals surface area (Å²) in [6.07, 6.45) is 1.59. The van der Waals surface area contributed by atoms with Crippen LogP contribution in [0.25, 0.3) is 10.9 Å². The molecule has 39 heavy (non-hydrogen) atoms. The molecule has 2 amide bonds. The maximum atomic E-state index is 13.9. The maximum absolute atomic E-state index is 13.9. The predicted octanol–water partition coefficient (Wildman–Crippen LogP) is 4.74. The summed E-state index contributed by atoms with van der Waals surface area (Å²) in [7, 11) is 0. The second-order valence-electron chi connectivity index (χ2n) is 10.4. The second kappa shape index (κ2) is 8.76. The third-order valence-corrected chi connectivity index (χ3v) is 8.60. The van der Waals surface area contributed by atoms with Crippen molar-refractivity contribution < 1.29 is 19.1 Å². The van der Waals surface area contributed by atoms with Crippen LogP contribution in [0.3, 0.4) is 0 Å². The van der Waals surface area contributed by atoms with Gasteiger partial charge in [-0.1, -0.05) is 66.7 Å². The molecule has 4 aromatic rings. The van der Waals surface area contributed by atoms with Crippen LogP contribution in [0.15, 0.2) is 77.9 Å². The molecule has 1 aliphatic heterocycles. The lowest BCUT2D eigenvalue weighted by atomic mass is 9.55. The zero-order chi connectivity index (χ0) is 26.8. The number of nitrogens with zero attached hydrogens (tertiary/aromatic N) is 3. The summed E-state index contributed by atoms with van der Waals surface area (Å²) in [6.45, 7) is 4.06. The van der Waals surface area contributed by atoms with E-state index in [9.17, 15) is 14.4 Å². The van der Waals surface area contributed by atoms with Gasteiger partial charge in [-0.05, 0) is 42.2 Å². The van der Waals surface area contributed by atoms with Gasteiger partial charge in [0.2, 0.25) is 0 Å². The van der Waals surface area contributed by atoms with Crippen molar-refractivity contribution in [1.29, 1.82) is 0 Å². The van der Waals surface area contributed by atoms with Crippen LogP contribution < -0.4 is 0 Å². The molecule has 0 radical (unpaired) electrons. The minimum absolute atomic E-state index is 0.0691. The van der Waals surface area contributed by atoms with Gasteiger partial charge in [-0.3, -0.25) is 14.4 Å². The average Bonchev–Trinajstić information content (AvgIpc) is 3.37. The van der Waals surface area contributed by atoms with Crippen LogP contribution in [-0.4, -0.2) is 40.2 Å². The summed E-state index contributed by atoms with van der Waals surface area (Å²) in [6, 6.07) is 24.1. The van der Waals surface area contributed by atoms with E-state index in [2.05, 4.69) is 29.4 Å². The van der Waals surface area contributed by atoms with Crippen molar-refractivity contribution in [3.63, 3.8) is 0 Å². The van der Waals surface area contributed by atoms with Gasteiger partial charge in [0.05, 0.1) is 24.7 Å². The molecule has 194 valence electrons. The zero-order valence-corrected chi connectivity index (χ0v) is 21.7. The van der Waals surface area contributed by atoms with Gasteiger partial charge in [0.15, 0.2) is 0 Å². The predicted molar refractivity (Wildman–Crippen MR) is 146 cm³/mol. The van der Waals surface area contributed by atoms with Crippen molar-refractivity contribution in [3.05, 3.63) is 106 Å². The molecule has 2 bridgehead atoms. The Bertz CT molecular complexity index is 1600. The number of benzene rings is 3. The SMILES string of the molecule is CCOC(=O)Cn1c(C)c(/C=N\N2C(=O)[C@H]3C4c5ccccc5C(c5ccccc54)[C@@H]3C2=O)c2ccccc21. The first-order chi connectivity index (χ1) is 19.0. The first kappa shape index (κ1) is 23.6. The fraction of sp³-hybridized carbons (Fsp3) is 0.250. The number of hydrogen-bond donors (Lipinski definition) is 0. The lowest BCUT2D eigenvalue weighted by molar-refractivity contribution is -0.144. The molecular weight excluding hydrogens is 490 g/mol. The Kier molecular flexibility index (Phi) is 5.30. The van der Waals surface area contributed by atoms with E-state index in [0.717, 1.165) is 49.4 Å². The highest BCUT2D eigenvalue weighted by Gasteiger charge is 2.61. The molecule has 3 aromatic carbocycles. The van der Waals surface area contributed by atoms with E-state index in [4.69, 9.17) is 4.74 Å². The lowest BCUT2D eigenvalue weighted by Gasteiger charge is -2.45. The monoisotopic (exact) mass is 517 g/mol. The number of hydrogen-bond acceptors (Lipinski definition) is 5. The van der Waals surface area contributed by atoms with Gasteiger partial charge in [0.1, 0.15) is 6.54 Å². The minimum atomic E-state index is -0.476. The average molecular weight is 518 g/mol. The van der Waals surface area contributed by atoms with E-state index < -0.39 is 11.8 Å². The van der Waals surface area contributed by atoms with Crippen LogP contribution in [0.4, 0.5) is 0 Å². The van der Waals surface area contributed by atoms with E-state index in [1.807, 2.05) is 60.0 Å². The van der Waals surface area contributed by atoms with Gasteiger partial charge < -0.3 is 9.30 Å². The van der Waals surface area contributed by atoms with Crippen molar-refractivity contribution in [2.24, 2.45) is 16.9 Å². The van der Waals surface area contributed by atoms with Gasteiger partial charge >= 0.3 is 5.97 Å². The summed E-state index contributed by atoms with van der Waals surface area (Å²) in [5, 5.41) is 6.50. The smallest absolute Gasteiger partial charge is 0.325 e. The fourth-order valence-corrected chi connectivity index (χ4v) is 7.05. The number of carbonyl (C=O) groups is 3. The molecule has 2 heterocycles. The molecule has 1 fully saturated rings. The lowest BCUT2D eigenvalue weighted by Crippen LogP contribution is -2.41. The fourth-order valence-electron chi connectivity index (χ4n) is 7.05. The molecule has 0 saturated carbocycles. The molecule has 7 nitrogen and oxygen atoms in total. The summed E-state index contributed by atoms with van der Waals surface area (Å²) in [5.41, 5.74) is 6.96. The van der Waals surface area contributed by atoms with Gasteiger partial charge in [0, 0.05) is 34.0 Å². The van der Waals surface area contributed by atoms with Crippen LogP contribution >= 0.6 is 0 Å². The number of carbonyl (C=O) groups excluding carboxylic acids is 3. The largest absolute Gasteiger partial charge is 0.465 e. The molecule has 1 saturated heterocycles. The zero-order valence-electron chi connectivity index (χ0n) is 21.7. The standard InChI is InChI=1S/C32H27N3O4/c1-3-39-26(36)17-34-18(2)24(19-10-8-9-15-25(19)34)16-33-35-31(37)29-27-20-11-4-5-12-21(20)28(30(29)32(35)38)23-14-7-6-13-22(23)27/h4-16,27-30H,3,17H2,1-2H3/b33-16-/t27?,28?,29-,30-/m0/s1. The molecule has 0 unspecified atom stereocenters. The van der Waals surface area contributed by atoms with E-state index in [0.29, 0.717) is 6.61 Å². The molecular formula is C32H27N3O4. The van der Waals surface area contributed by atoms with Gasteiger partial charge in [-0.15, -0.1) is 0 Å². The quantitative estimate of drug-likeness (QED) is 0.218. The van der Waals surface area contributed by atoms with Crippen LogP contribution in [0.2, 0.25) is 0 Å². The molecule has 7 heteroatoms. The Morgan fingerprint density at radius 2 is 1.36 bits per heavy atom. The van der Waals surface area contributed by atoms with E-state index in [1.54, 1.807) is 13.1 Å². The number of hydrazone groups is 1. The second-order valence-corrected chi connectivity index (χ2v) is 10.4. The summed E-state index contributed by atoms with van der Waals surface area (Å²) < 4.78 is 7.06. The number of esters is 1. The van der Waals surface area contributed by atoms with E-state index in [-0.39, 0.29) is 36.2 Å². The third-order valence-electron chi connectivity index (χ3n) is 8.60. The summed E-state index contributed by atoms with van der Waals surface area (Å²) in [5.74, 6) is -2.13. The molecule has 1 aromatic heterocycles. The number of amides is 2.